The molecule has 0 spiro atoms. The standard InChI is InChI=1S/C16H17NO2S/c1-3-5-14-11-17-16(20-14)12-7-9-13(10-8-12)19-15(18)6-4-2/h4,6-11H,3,5H2,1-2H3/b6-4+. The SMILES string of the molecule is C/C=C/C(=O)Oc1ccc(-c2ncc(CCC)s2)cc1. The molecule has 0 saturated carbocycles. The van der Waals surface area contributed by atoms with Gasteiger partial charge in [0.25, 0.3) is 0 Å². The Labute approximate surface area is 122 Å². The summed E-state index contributed by atoms with van der Waals surface area (Å²) in [5.41, 5.74) is 1.04. The predicted molar refractivity (Wildman–Crippen MR) is 82.0 cm³/mol. The molecule has 0 aliphatic heterocycles. The number of thiazole rings is 1. The Morgan fingerprint density at radius 3 is 2.75 bits per heavy atom. The molecule has 0 aliphatic carbocycles. The largest absolute Gasteiger partial charge is 0.423 e. The summed E-state index contributed by atoms with van der Waals surface area (Å²) in [6.07, 6.45) is 7.18. The van der Waals surface area contributed by atoms with E-state index in [2.05, 4.69) is 11.9 Å². The van der Waals surface area contributed by atoms with E-state index in [9.17, 15) is 4.79 Å². The Kier molecular flexibility index (Phi) is 5.07. The summed E-state index contributed by atoms with van der Waals surface area (Å²) >= 11 is 1.71. The fourth-order valence-corrected chi connectivity index (χ4v) is 2.77. The number of aryl methyl sites for hydroxylation is 1. The summed E-state index contributed by atoms with van der Waals surface area (Å²) in [4.78, 5) is 17.0. The van der Waals surface area contributed by atoms with E-state index in [4.69, 9.17) is 4.74 Å². The summed E-state index contributed by atoms with van der Waals surface area (Å²) in [6.45, 7) is 3.94. The molecule has 20 heavy (non-hydrogen) atoms. The monoisotopic (exact) mass is 287 g/mol. The number of allylic oxidation sites excluding steroid dienone is 1. The van der Waals surface area contributed by atoms with Crippen molar-refractivity contribution in [3.63, 3.8) is 0 Å². The quantitative estimate of drug-likeness (QED) is 0.469. The molecule has 0 amide bonds. The first-order valence-electron chi connectivity index (χ1n) is 6.62. The topological polar surface area (TPSA) is 39.2 Å². The van der Waals surface area contributed by atoms with Crippen molar-refractivity contribution in [1.82, 2.24) is 4.98 Å². The van der Waals surface area contributed by atoms with Gasteiger partial charge in [-0.3, -0.25) is 0 Å². The number of esters is 1. The molecule has 1 aromatic heterocycles. The first-order valence-corrected chi connectivity index (χ1v) is 7.44. The van der Waals surface area contributed by atoms with E-state index in [1.807, 2.05) is 18.3 Å². The van der Waals surface area contributed by atoms with Crippen LogP contribution in [0.4, 0.5) is 0 Å². The van der Waals surface area contributed by atoms with E-state index < -0.39 is 0 Å². The van der Waals surface area contributed by atoms with E-state index >= 15 is 0 Å². The Hall–Kier alpha value is -1.94. The molecule has 1 heterocycles. The van der Waals surface area contributed by atoms with Gasteiger partial charge in [-0.25, -0.2) is 9.78 Å². The molecule has 0 bridgehead atoms. The molecule has 0 aliphatic rings. The number of hydrogen-bond donors (Lipinski definition) is 0. The predicted octanol–water partition coefficient (Wildman–Crippen LogP) is 4.24. The zero-order chi connectivity index (χ0) is 14.4. The number of carbonyl (C=O) groups excluding carboxylic acids is 1. The number of ether oxygens (including phenoxy) is 1. The normalized spacial score (nSPS) is 10.9. The van der Waals surface area contributed by atoms with Gasteiger partial charge >= 0.3 is 5.97 Å². The van der Waals surface area contributed by atoms with E-state index in [0.717, 1.165) is 23.4 Å². The number of hydrogen-bond acceptors (Lipinski definition) is 4. The number of benzene rings is 1. The smallest absolute Gasteiger partial charge is 0.335 e. The third kappa shape index (κ3) is 3.78. The maximum absolute atomic E-state index is 11.3. The van der Waals surface area contributed by atoms with Crippen molar-refractivity contribution in [2.45, 2.75) is 26.7 Å². The van der Waals surface area contributed by atoms with Gasteiger partial charge in [0, 0.05) is 22.7 Å². The fourth-order valence-electron chi connectivity index (χ4n) is 1.75. The minimum absolute atomic E-state index is 0.361. The zero-order valence-electron chi connectivity index (χ0n) is 11.6. The van der Waals surface area contributed by atoms with Crippen molar-refractivity contribution >= 4 is 17.3 Å². The lowest BCUT2D eigenvalue weighted by molar-refractivity contribution is -0.129. The van der Waals surface area contributed by atoms with Crippen LogP contribution in [0.2, 0.25) is 0 Å². The molecule has 0 atom stereocenters. The highest BCUT2D eigenvalue weighted by atomic mass is 32.1. The van der Waals surface area contributed by atoms with Crippen molar-refractivity contribution in [3.05, 3.63) is 47.5 Å². The van der Waals surface area contributed by atoms with Crippen LogP contribution in [0.5, 0.6) is 5.75 Å². The van der Waals surface area contributed by atoms with Gasteiger partial charge in [0.05, 0.1) is 0 Å². The van der Waals surface area contributed by atoms with Crippen molar-refractivity contribution < 1.29 is 9.53 Å². The van der Waals surface area contributed by atoms with Crippen molar-refractivity contribution in [2.75, 3.05) is 0 Å². The van der Waals surface area contributed by atoms with Crippen LogP contribution in [0, 0.1) is 0 Å². The average molecular weight is 287 g/mol. The molecule has 0 unspecified atom stereocenters. The molecule has 0 fully saturated rings. The van der Waals surface area contributed by atoms with Crippen LogP contribution in [-0.4, -0.2) is 11.0 Å². The molecule has 0 N–H and O–H groups in total. The fraction of sp³-hybridized carbons (Fsp3) is 0.250. The maximum Gasteiger partial charge on any atom is 0.335 e. The summed E-state index contributed by atoms with van der Waals surface area (Å²) in [5, 5.41) is 1.000. The second-order valence-electron chi connectivity index (χ2n) is 4.33. The average Bonchev–Trinajstić information content (AvgIpc) is 2.89. The van der Waals surface area contributed by atoms with E-state index in [-0.39, 0.29) is 5.97 Å². The van der Waals surface area contributed by atoms with Gasteiger partial charge in [0.1, 0.15) is 10.8 Å². The van der Waals surface area contributed by atoms with Crippen LogP contribution in [-0.2, 0) is 11.2 Å². The van der Waals surface area contributed by atoms with E-state index in [0.29, 0.717) is 5.75 Å². The summed E-state index contributed by atoms with van der Waals surface area (Å²) < 4.78 is 5.15. The summed E-state index contributed by atoms with van der Waals surface area (Å²) in [7, 11) is 0. The molecule has 104 valence electrons. The van der Waals surface area contributed by atoms with Gasteiger partial charge in [-0.1, -0.05) is 19.4 Å². The Morgan fingerprint density at radius 2 is 2.10 bits per heavy atom. The van der Waals surface area contributed by atoms with Gasteiger partial charge in [0.15, 0.2) is 0 Å². The molecule has 1 aromatic carbocycles. The highest BCUT2D eigenvalue weighted by Gasteiger charge is 2.05. The third-order valence-electron chi connectivity index (χ3n) is 2.67. The lowest BCUT2D eigenvalue weighted by atomic mass is 10.2. The maximum atomic E-state index is 11.3. The van der Waals surface area contributed by atoms with Crippen LogP contribution in [0.25, 0.3) is 10.6 Å². The van der Waals surface area contributed by atoms with E-state index in [1.54, 1.807) is 36.5 Å². The van der Waals surface area contributed by atoms with Crippen LogP contribution in [0.1, 0.15) is 25.1 Å². The van der Waals surface area contributed by atoms with Crippen LogP contribution in [0.3, 0.4) is 0 Å². The second-order valence-corrected chi connectivity index (χ2v) is 5.44. The minimum Gasteiger partial charge on any atom is -0.423 e. The lowest BCUT2D eigenvalue weighted by Gasteiger charge is -2.02. The molecule has 3 nitrogen and oxygen atoms in total. The molecule has 2 aromatic rings. The van der Waals surface area contributed by atoms with Gasteiger partial charge in [0.2, 0.25) is 0 Å². The highest BCUT2D eigenvalue weighted by Crippen LogP contribution is 2.27. The molecule has 4 heteroatoms. The highest BCUT2D eigenvalue weighted by molar-refractivity contribution is 7.15. The molecule has 0 saturated heterocycles. The Balaban J connectivity index is 2.08. The molecular formula is C16H17NO2S. The Morgan fingerprint density at radius 1 is 1.35 bits per heavy atom. The lowest BCUT2D eigenvalue weighted by Crippen LogP contribution is -2.03. The summed E-state index contributed by atoms with van der Waals surface area (Å²) in [5.74, 6) is 0.182. The van der Waals surface area contributed by atoms with Crippen LogP contribution < -0.4 is 4.74 Å². The van der Waals surface area contributed by atoms with Crippen LogP contribution in [0.15, 0.2) is 42.6 Å². The van der Waals surface area contributed by atoms with Gasteiger partial charge < -0.3 is 4.74 Å². The molecule has 0 radical (unpaired) electrons. The second kappa shape index (κ2) is 7.01. The summed E-state index contributed by atoms with van der Waals surface area (Å²) in [6, 6.07) is 7.43. The zero-order valence-corrected chi connectivity index (χ0v) is 12.4. The number of carbonyl (C=O) groups is 1. The van der Waals surface area contributed by atoms with E-state index in [1.165, 1.54) is 11.0 Å². The minimum atomic E-state index is -0.361. The molecule has 2 rings (SSSR count). The van der Waals surface area contributed by atoms with Gasteiger partial charge in [-0.2, -0.15) is 0 Å². The van der Waals surface area contributed by atoms with Crippen LogP contribution >= 0.6 is 11.3 Å². The van der Waals surface area contributed by atoms with Crippen molar-refractivity contribution in [2.24, 2.45) is 0 Å². The van der Waals surface area contributed by atoms with Crippen molar-refractivity contribution in [1.29, 1.82) is 0 Å². The number of aromatic nitrogens is 1. The first kappa shape index (κ1) is 14.5. The number of rotatable bonds is 5. The third-order valence-corrected chi connectivity index (χ3v) is 3.78. The number of nitrogens with zero attached hydrogens (tertiary/aromatic N) is 1. The van der Waals surface area contributed by atoms with Gasteiger partial charge in [-0.05, 0) is 37.6 Å². The first-order chi connectivity index (χ1) is 9.72. The Bertz CT molecular complexity index is 599. The van der Waals surface area contributed by atoms with Crippen molar-refractivity contribution in [3.8, 4) is 16.3 Å². The molecular weight excluding hydrogens is 270 g/mol. The van der Waals surface area contributed by atoms with Gasteiger partial charge in [-0.15, -0.1) is 11.3 Å².